The number of nitrogens with one attached hydrogen (secondary N) is 2. The van der Waals surface area contributed by atoms with Crippen molar-refractivity contribution in [2.24, 2.45) is 0 Å². The van der Waals surface area contributed by atoms with Gasteiger partial charge in [-0.05, 0) is 69.7 Å². The molecule has 9 nitrogen and oxygen atoms in total. The van der Waals surface area contributed by atoms with Crippen LogP contribution in [0.4, 0.5) is 4.79 Å². The van der Waals surface area contributed by atoms with Crippen LogP contribution in [0, 0.1) is 0 Å². The zero-order chi connectivity index (χ0) is 24.3. The normalized spacial score (nSPS) is 18.2. The number of unbranched alkanes of at least 4 members (excludes halogenated alkanes) is 1. The molecule has 3 rings (SSSR count). The lowest BCUT2D eigenvalue weighted by atomic mass is 9.98. The van der Waals surface area contributed by atoms with Gasteiger partial charge >= 0.3 is 6.09 Å². The molecule has 1 aromatic carbocycles. The largest absolute Gasteiger partial charge is 0.444 e. The monoisotopic (exact) mass is 455 g/mol. The first kappa shape index (κ1) is 24.2. The number of hydrogen-bond donors (Lipinski definition) is 2. The van der Waals surface area contributed by atoms with Gasteiger partial charge in [0, 0.05) is 13.0 Å². The van der Waals surface area contributed by atoms with Crippen LogP contribution in [0.2, 0.25) is 0 Å². The number of fused-ring (bicyclic) bond motifs is 1. The van der Waals surface area contributed by atoms with Crippen LogP contribution in [0.15, 0.2) is 24.8 Å². The summed E-state index contributed by atoms with van der Waals surface area (Å²) in [4.78, 5) is 61.9. The average molecular weight is 456 g/mol. The maximum atomic E-state index is 12.9. The van der Waals surface area contributed by atoms with Crippen molar-refractivity contribution in [2.45, 2.75) is 64.5 Å². The van der Waals surface area contributed by atoms with Gasteiger partial charge in [-0.1, -0.05) is 12.6 Å². The highest BCUT2D eigenvalue weighted by molar-refractivity contribution is 6.23. The van der Waals surface area contributed by atoms with Crippen LogP contribution in [0.1, 0.15) is 79.2 Å². The number of ether oxygens (including phenoxy) is 1. The van der Waals surface area contributed by atoms with Crippen molar-refractivity contribution in [1.29, 1.82) is 0 Å². The molecule has 2 aliphatic rings. The number of benzene rings is 1. The number of carbonyl (C=O) groups excluding carboxylic acids is 5. The summed E-state index contributed by atoms with van der Waals surface area (Å²) in [6, 6.07) is 3.95. The van der Waals surface area contributed by atoms with Crippen molar-refractivity contribution < 1.29 is 28.7 Å². The van der Waals surface area contributed by atoms with Crippen LogP contribution in [0.25, 0.3) is 5.57 Å². The van der Waals surface area contributed by atoms with Crippen molar-refractivity contribution in [2.75, 3.05) is 6.54 Å². The van der Waals surface area contributed by atoms with Crippen LogP contribution < -0.4 is 10.6 Å². The van der Waals surface area contributed by atoms with Gasteiger partial charge in [-0.3, -0.25) is 29.4 Å². The Kier molecular flexibility index (Phi) is 7.00. The van der Waals surface area contributed by atoms with Crippen LogP contribution in [0.3, 0.4) is 0 Å². The molecule has 0 spiro atoms. The predicted octanol–water partition coefficient (Wildman–Crippen LogP) is 2.80. The van der Waals surface area contributed by atoms with E-state index in [1.807, 2.05) is 0 Å². The van der Waals surface area contributed by atoms with E-state index in [9.17, 15) is 24.0 Å². The van der Waals surface area contributed by atoms with Gasteiger partial charge in [0.25, 0.3) is 11.8 Å². The minimum absolute atomic E-state index is 0.0780. The van der Waals surface area contributed by atoms with Gasteiger partial charge in [0.15, 0.2) is 0 Å². The van der Waals surface area contributed by atoms with E-state index < -0.39 is 41.4 Å². The zero-order valence-corrected chi connectivity index (χ0v) is 19.2. The molecule has 1 atom stereocenters. The minimum Gasteiger partial charge on any atom is -0.444 e. The third-order valence-corrected chi connectivity index (χ3v) is 5.42. The van der Waals surface area contributed by atoms with Gasteiger partial charge < -0.3 is 10.1 Å². The molecule has 176 valence electrons. The maximum Gasteiger partial charge on any atom is 0.407 e. The third kappa shape index (κ3) is 5.66. The smallest absolute Gasteiger partial charge is 0.407 e. The lowest BCUT2D eigenvalue weighted by molar-refractivity contribution is -0.136. The SMILES string of the molecule is C=C(CCCCNC(=O)OC(C)(C)C)c1ccc2c(c1)C(=O)N(C1CCC(=O)NC1=O)C2=O. The number of hydrogen-bond acceptors (Lipinski definition) is 6. The lowest BCUT2D eigenvalue weighted by Gasteiger charge is -2.27. The number of nitrogens with zero attached hydrogens (tertiary/aromatic N) is 1. The van der Waals surface area contributed by atoms with E-state index in [-0.39, 0.29) is 24.0 Å². The molecule has 0 aliphatic carbocycles. The molecule has 2 heterocycles. The molecule has 0 radical (unpaired) electrons. The molecule has 2 N–H and O–H groups in total. The summed E-state index contributed by atoms with van der Waals surface area (Å²) in [6.45, 7) is 9.96. The standard InChI is InChI=1S/C24H29N3O6/c1-14(7-5-6-12-25-23(32)33-24(2,3)4)15-8-9-16-17(13-15)22(31)27(21(16)30)18-10-11-19(28)26-20(18)29/h8-9,13,18H,1,5-7,10-12H2,2-4H3,(H,25,32)(H,26,28,29). The second-order valence-corrected chi connectivity index (χ2v) is 9.20. The molecule has 0 saturated carbocycles. The van der Waals surface area contributed by atoms with Crippen molar-refractivity contribution in [3.05, 3.63) is 41.5 Å². The van der Waals surface area contributed by atoms with Crippen molar-refractivity contribution in [3.63, 3.8) is 0 Å². The molecule has 0 bridgehead atoms. The topological polar surface area (TPSA) is 122 Å². The fraction of sp³-hybridized carbons (Fsp3) is 0.458. The van der Waals surface area contributed by atoms with Crippen molar-refractivity contribution in [1.82, 2.24) is 15.5 Å². The Morgan fingerprint density at radius 2 is 1.85 bits per heavy atom. The predicted molar refractivity (Wildman–Crippen MR) is 120 cm³/mol. The summed E-state index contributed by atoms with van der Waals surface area (Å²) in [5, 5.41) is 4.89. The second kappa shape index (κ2) is 9.56. The fourth-order valence-corrected chi connectivity index (χ4v) is 3.80. The molecule has 0 aromatic heterocycles. The summed E-state index contributed by atoms with van der Waals surface area (Å²) in [7, 11) is 0. The van der Waals surface area contributed by atoms with Crippen LogP contribution in [-0.4, -0.2) is 52.8 Å². The van der Waals surface area contributed by atoms with Gasteiger partial charge in [0.05, 0.1) is 11.1 Å². The first-order chi connectivity index (χ1) is 15.5. The van der Waals surface area contributed by atoms with E-state index in [4.69, 9.17) is 4.74 Å². The summed E-state index contributed by atoms with van der Waals surface area (Å²) in [5.74, 6) is -2.12. The highest BCUT2D eigenvalue weighted by atomic mass is 16.6. The van der Waals surface area contributed by atoms with E-state index in [0.29, 0.717) is 13.0 Å². The van der Waals surface area contributed by atoms with Crippen LogP contribution in [0.5, 0.6) is 0 Å². The quantitative estimate of drug-likeness (QED) is 0.482. The Morgan fingerprint density at radius 3 is 2.52 bits per heavy atom. The maximum absolute atomic E-state index is 12.9. The Hall–Kier alpha value is -3.49. The molecule has 1 fully saturated rings. The number of alkyl carbamates (subject to hydrolysis) is 1. The number of imide groups is 2. The number of piperidine rings is 1. The first-order valence-electron chi connectivity index (χ1n) is 11.0. The van der Waals surface area contributed by atoms with Gasteiger partial charge in [-0.25, -0.2) is 4.79 Å². The molecular weight excluding hydrogens is 426 g/mol. The number of amides is 5. The molecule has 1 unspecified atom stereocenters. The van der Waals surface area contributed by atoms with Gasteiger partial charge in [-0.2, -0.15) is 0 Å². The summed E-state index contributed by atoms with van der Waals surface area (Å²) in [6.07, 6.45) is 1.88. The fourth-order valence-electron chi connectivity index (χ4n) is 3.80. The molecule has 1 aromatic rings. The zero-order valence-electron chi connectivity index (χ0n) is 19.2. The number of rotatable bonds is 7. The molecule has 5 amide bonds. The molecular formula is C24H29N3O6. The summed E-state index contributed by atoms with van der Waals surface area (Å²) >= 11 is 0. The van der Waals surface area contributed by atoms with E-state index in [0.717, 1.165) is 28.9 Å². The van der Waals surface area contributed by atoms with Gasteiger partial charge in [-0.15, -0.1) is 0 Å². The molecule has 33 heavy (non-hydrogen) atoms. The van der Waals surface area contributed by atoms with Crippen molar-refractivity contribution in [3.8, 4) is 0 Å². The van der Waals surface area contributed by atoms with E-state index >= 15 is 0 Å². The number of allylic oxidation sites excluding steroid dienone is 1. The summed E-state index contributed by atoms with van der Waals surface area (Å²) < 4.78 is 5.19. The second-order valence-electron chi connectivity index (χ2n) is 9.20. The highest BCUT2D eigenvalue weighted by Gasteiger charge is 2.44. The first-order valence-corrected chi connectivity index (χ1v) is 11.0. The Balaban J connectivity index is 1.56. The van der Waals surface area contributed by atoms with E-state index in [2.05, 4.69) is 17.2 Å². The molecule has 9 heteroatoms. The van der Waals surface area contributed by atoms with E-state index in [1.54, 1.807) is 39.0 Å². The van der Waals surface area contributed by atoms with Gasteiger partial charge in [0.2, 0.25) is 11.8 Å². The Bertz CT molecular complexity index is 1020. The number of carbonyl (C=O) groups is 5. The minimum atomic E-state index is -0.987. The lowest BCUT2D eigenvalue weighted by Crippen LogP contribution is -2.54. The Labute approximate surface area is 192 Å². The molecule has 1 saturated heterocycles. The Morgan fingerprint density at radius 1 is 1.15 bits per heavy atom. The average Bonchev–Trinajstić information content (AvgIpc) is 2.96. The molecule has 2 aliphatic heterocycles. The highest BCUT2D eigenvalue weighted by Crippen LogP contribution is 2.30. The summed E-state index contributed by atoms with van der Waals surface area (Å²) in [5.41, 5.74) is 1.46. The van der Waals surface area contributed by atoms with Crippen LogP contribution >= 0.6 is 0 Å². The third-order valence-electron chi connectivity index (χ3n) is 5.42. The van der Waals surface area contributed by atoms with Crippen LogP contribution in [-0.2, 0) is 14.3 Å². The van der Waals surface area contributed by atoms with Gasteiger partial charge in [0.1, 0.15) is 11.6 Å². The van der Waals surface area contributed by atoms with Crippen molar-refractivity contribution >= 4 is 35.3 Å². The van der Waals surface area contributed by atoms with E-state index in [1.165, 1.54) is 0 Å².